The van der Waals surface area contributed by atoms with Crippen molar-refractivity contribution < 1.29 is 4.79 Å². The van der Waals surface area contributed by atoms with Crippen molar-refractivity contribution in [2.75, 3.05) is 0 Å². The molecule has 0 spiro atoms. The van der Waals surface area contributed by atoms with Crippen LogP contribution in [0, 0.1) is 26.2 Å². The number of hydrogen-bond acceptors (Lipinski definition) is 2. The average Bonchev–Trinajstić information content (AvgIpc) is 2.86. The molecule has 0 bridgehead atoms. The van der Waals surface area contributed by atoms with Gasteiger partial charge in [-0.2, -0.15) is 4.99 Å². The second-order valence-corrected chi connectivity index (χ2v) is 7.47. The third-order valence-electron chi connectivity index (χ3n) is 3.72. The van der Waals surface area contributed by atoms with Crippen molar-refractivity contribution in [3.63, 3.8) is 0 Å². The molecule has 0 unspecified atom stereocenters. The summed E-state index contributed by atoms with van der Waals surface area (Å²) in [6.45, 7) is 4.40. The number of aromatic nitrogens is 1. The number of carbonyl (C=O) groups excluding carboxylic acids is 1. The lowest BCUT2D eigenvalue weighted by molar-refractivity contribution is 0.0998. The first kappa shape index (κ1) is 17.8. The molecule has 1 heterocycles. The summed E-state index contributed by atoms with van der Waals surface area (Å²) in [5, 5.41) is 0.745. The van der Waals surface area contributed by atoms with E-state index in [1.54, 1.807) is 12.1 Å². The fourth-order valence-electron chi connectivity index (χ4n) is 2.65. The van der Waals surface area contributed by atoms with Crippen LogP contribution in [-0.4, -0.2) is 10.5 Å². The third-order valence-corrected chi connectivity index (χ3v) is 5.50. The Morgan fingerprint density at radius 1 is 1.28 bits per heavy atom. The van der Waals surface area contributed by atoms with E-state index in [2.05, 4.69) is 23.0 Å². The quantitative estimate of drug-likeness (QED) is 0.568. The van der Waals surface area contributed by atoms with Crippen LogP contribution in [0.5, 0.6) is 0 Å². The van der Waals surface area contributed by atoms with Crippen molar-refractivity contribution >= 4 is 50.7 Å². The number of halogens is 2. The first-order valence-corrected chi connectivity index (χ1v) is 9.06. The van der Waals surface area contributed by atoms with E-state index in [0.717, 1.165) is 21.3 Å². The molecule has 0 aliphatic heterocycles. The van der Waals surface area contributed by atoms with Crippen molar-refractivity contribution in [3.05, 3.63) is 61.9 Å². The fraction of sp³-hybridized carbons (Fsp3) is 0.158. The predicted octanol–water partition coefficient (Wildman–Crippen LogP) is 5.00. The zero-order valence-corrected chi connectivity index (χ0v) is 16.0. The molecular weight excluding hydrogens is 375 g/mol. The van der Waals surface area contributed by atoms with Crippen LogP contribution in [-0.2, 0) is 6.54 Å². The number of amides is 1. The molecule has 1 amide bonds. The van der Waals surface area contributed by atoms with Crippen LogP contribution in [0.25, 0.3) is 10.2 Å². The number of rotatable bonds is 2. The van der Waals surface area contributed by atoms with Gasteiger partial charge in [0.05, 0.1) is 27.3 Å². The molecule has 6 heteroatoms. The van der Waals surface area contributed by atoms with Gasteiger partial charge in [0.15, 0.2) is 4.80 Å². The molecule has 0 radical (unpaired) electrons. The highest BCUT2D eigenvalue weighted by Gasteiger charge is 2.13. The molecular formula is C19H14Cl2N2OS. The van der Waals surface area contributed by atoms with Crippen LogP contribution in [0.15, 0.2) is 35.3 Å². The van der Waals surface area contributed by atoms with Gasteiger partial charge >= 0.3 is 0 Å². The number of aryl methyl sites for hydroxylation is 2. The molecule has 0 aliphatic rings. The maximum absolute atomic E-state index is 12.6. The normalized spacial score (nSPS) is 11.7. The molecule has 0 aliphatic carbocycles. The van der Waals surface area contributed by atoms with Crippen LogP contribution in [0.1, 0.15) is 21.5 Å². The van der Waals surface area contributed by atoms with E-state index in [9.17, 15) is 4.79 Å². The van der Waals surface area contributed by atoms with E-state index in [4.69, 9.17) is 29.6 Å². The average molecular weight is 389 g/mol. The summed E-state index contributed by atoms with van der Waals surface area (Å²) in [5.74, 6) is 2.21. The van der Waals surface area contributed by atoms with Crippen LogP contribution < -0.4 is 4.80 Å². The second-order valence-electron chi connectivity index (χ2n) is 5.65. The summed E-state index contributed by atoms with van der Waals surface area (Å²) in [4.78, 5) is 17.4. The van der Waals surface area contributed by atoms with Crippen molar-refractivity contribution in [3.8, 4) is 12.3 Å². The minimum Gasteiger partial charge on any atom is -0.305 e. The van der Waals surface area contributed by atoms with Gasteiger partial charge in [-0.25, -0.2) is 0 Å². The van der Waals surface area contributed by atoms with Gasteiger partial charge in [0.1, 0.15) is 0 Å². The minimum absolute atomic E-state index is 0.276. The molecule has 0 saturated heterocycles. The number of benzene rings is 2. The molecule has 1 aromatic heterocycles. The molecule has 3 aromatic rings. The number of carbonyl (C=O) groups is 1. The highest BCUT2D eigenvalue weighted by Crippen LogP contribution is 2.24. The van der Waals surface area contributed by atoms with Crippen LogP contribution >= 0.6 is 34.5 Å². The Balaban J connectivity index is 2.22. The largest absolute Gasteiger partial charge is 0.305 e. The summed E-state index contributed by atoms with van der Waals surface area (Å²) in [7, 11) is 0. The van der Waals surface area contributed by atoms with Gasteiger partial charge in [-0.3, -0.25) is 4.79 Å². The Morgan fingerprint density at radius 2 is 2.04 bits per heavy atom. The van der Waals surface area contributed by atoms with Crippen LogP contribution in [0.4, 0.5) is 0 Å². The van der Waals surface area contributed by atoms with E-state index in [-0.39, 0.29) is 5.02 Å². The standard InChI is InChI=1S/C19H14Cl2N2OS/c1-4-7-23-16-9-11(2)8-12(3)17(16)25-19(23)22-18(24)14-6-5-13(20)10-15(14)21/h1,5-6,8-10H,7H2,2-3H3. The van der Waals surface area contributed by atoms with Crippen molar-refractivity contribution in [1.82, 2.24) is 4.57 Å². The lowest BCUT2D eigenvalue weighted by Gasteiger charge is -2.03. The number of thiazole rings is 1. The van der Waals surface area contributed by atoms with Gasteiger partial charge in [-0.1, -0.05) is 46.5 Å². The number of terminal acetylenes is 1. The summed E-state index contributed by atoms with van der Waals surface area (Å²) in [6.07, 6.45) is 5.51. The Labute approximate surface area is 159 Å². The van der Waals surface area contributed by atoms with E-state index < -0.39 is 5.91 Å². The Kier molecular flexibility index (Phi) is 5.01. The van der Waals surface area contributed by atoms with E-state index in [1.807, 2.05) is 18.4 Å². The number of fused-ring (bicyclic) bond motifs is 1. The van der Waals surface area contributed by atoms with Crippen LogP contribution in [0.2, 0.25) is 10.0 Å². The molecule has 2 aromatic carbocycles. The zero-order chi connectivity index (χ0) is 18.1. The topological polar surface area (TPSA) is 34.4 Å². The summed E-state index contributed by atoms with van der Waals surface area (Å²) in [6, 6.07) is 8.87. The lowest BCUT2D eigenvalue weighted by Crippen LogP contribution is -2.16. The number of hydrogen-bond donors (Lipinski definition) is 0. The van der Waals surface area contributed by atoms with Gasteiger partial charge in [-0.05, 0) is 49.2 Å². The lowest BCUT2D eigenvalue weighted by atomic mass is 10.1. The predicted molar refractivity (Wildman–Crippen MR) is 104 cm³/mol. The molecule has 0 atom stereocenters. The first-order chi connectivity index (χ1) is 11.9. The van der Waals surface area contributed by atoms with Crippen molar-refractivity contribution in [2.24, 2.45) is 4.99 Å². The number of nitrogens with zero attached hydrogens (tertiary/aromatic N) is 2. The zero-order valence-electron chi connectivity index (χ0n) is 13.6. The highest BCUT2D eigenvalue weighted by atomic mass is 35.5. The van der Waals surface area contributed by atoms with Gasteiger partial charge in [0.25, 0.3) is 5.91 Å². The summed E-state index contributed by atoms with van der Waals surface area (Å²) < 4.78 is 2.94. The maximum Gasteiger partial charge on any atom is 0.281 e. The van der Waals surface area contributed by atoms with Gasteiger partial charge in [0.2, 0.25) is 0 Å². The Hall–Kier alpha value is -2.06. The third kappa shape index (κ3) is 3.50. The van der Waals surface area contributed by atoms with E-state index in [1.165, 1.54) is 17.4 Å². The first-order valence-electron chi connectivity index (χ1n) is 7.49. The fourth-order valence-corrected chi connectivity index (χ4v) is 4.22. The van der Waals surface area contributed by atoms with Crippen LogP contribution in [0.3, 0.4) is 0 Å². The molecule has 0 N–H and O–H groups in total. The Bertz CT molecular complexity index is 1100. The highest BCUT2D eigenvalue weighted by molar-refractivity contribution is 7.16. The Morgan fingerprint density at radius 3 is 2.72 bits per heavy atom. The van der Waals surface area contributed by atoms with E-state index in [0.29, 0.717) is 21.9 Å². The van der Waals surface area contributed by atoms with Crippen molar-refractivity contribution in [2.45, 2.75) is 20.4 Å². The maximum atomic E-state index is 12.6. The minimum atomic E-state index is -0.423. The van der Waals surface area contributed by atoms with Gasteiger partial charge in [0, 0.05) is 5.02 Å². The van der Waals surface area contributed by atoms with E-state index >= 15 is 0 Å². The van der Waals surface area contributed by atoms with Crippen molar-refractivity contribution in [1.29, 1.82) is 0 Å². The molecule has 0 fully saturated rings. The monoisotopic (exact) mass is 388 g/mol. The summed E-state index contributed by atoms with van der Waals surface area (Å²) >= 11 is 13.4. The smallest absolute Gasteiger partial charge is 0.281 e. The molecule has 3 nitrogen and oxygen atoms in total. The summed E-state index contributed by atoms with van der Waals surface area (Å²) in [5.41, 5.74) is 3.55. The van der Waals surface area contributed by atoms with Gasteiger partial charge in [-0.15, -0.1) is 6.42 Å². The SMILES string of the molecule is C#CCn1c(=NC(=O)c2ccc(Cl)cc2Cl)sc2c(C)cc(C)cc21. The molecule has 3 rings (SSSR count). The molecule has 0 saturated carbocycles. The second kappa shape index (κ2) is 7.05. The molecule has 25 heavy (non-hydrogen) atoms. The molecule has 126 valence electrons. The van der Waals surface area contributed by atoms with Gasteiger partial charge < -0.3 is 4.57 Å².